The summed E-state index contributed by atoms with van der Waals surface area (Å²) in [6.07, 6.45) is 0. The number of aromatic nitrogens is 6. The molecule has 0 aliphatic rings. The first-order valence-corrected chi connectivity index (χ1v) is 15.1. The van der Waals surface area contributed by atoms with Gasteiger partial charge in [0.2, 0.25) is 4.96 Å². The van der Waals surface area contributed by atoms with E-state index in [1.54, 1.807) is 4.40 Å². The van der Waals surface area contributed by atoms with E-state index < -0.39 is 0 Å². The molecule has 5 aromatic carbocycles. The van der Waals surface area contributed by atoms with Crippen LogP contribution in [-0.2, 0) is 0 Å². The highest BCUT2D eigenvalue weighted by Gasteiger charge is 2.19. The molecule has 0 amide bonds. The summed E-state index contributed by atoms with van der Waals surface area (Å²) >= 11 is 1.46. The number of benzene rings is 5. The van der Waals surface area contributed by atoms with Gasteiger partial charge in [-0.25, -0.2) is 24.1 Å². The lowest BCUT2D eigenvalue weighted by Gasteiger charge is -2.08. The van der Waals surface area contributed by atoms with Crippen molar-refractivity contribution in [2.75, 3.05) is 0 Å². The Morgan fingerprint density at radius 2 is 1.22 bits per heavy atom. The van der Waals surface area contributed by atoms with Crippen LogP contribution in [0.4, 0.5) is 0 Å². The molecular weight excluding hydrogens is 581 g/mol. The van der Waals surface area contributed by atoms with E-state index in [0.717, 1.165) is 37.7 Å². The Kier molecular flexibility index (Phi) is 5.66. The molecule has 45 heavy (non-hydrogen) atoms. The summed E-state index contributed by atoms with van der Waals surface area (Å²) in [7, 11) is 0. The standard InChI is InChI=1S/C36H20N6O2S/c43-35-40-34(41-36-42(35)26-15-7-8-17-29(26)45-36)24-14-9-16-28-30(24)25-20-23(18-19-27(25)44-28)33-38-31(21-10-3-1-4-11-21)37-32(39-33)22-12-5-2-6-13-22/h1-20H. The van der Waals surface area contributed by atoms with E-state index in [4.69, 9.17) is 24.4 Å². The van der Waals surface area contributed by atoms with Crippen LogP contribution in [-0.4, -0.2) is 29.3 Å². The first-order chi connectivity index (χ1) is 22.2. The van der Waals surface area contributed by atoms with Crippen LogP contribution in [0.2, 0.25) is 0 Å². The zero-order valence-electron chi connectivity index (χ0n) is 23.5. The van der Waals surface area contributed by atoms with Crippen LogP contribution in [0.5, 0.6) is 0 Å². The molecule has 0 aliphatic heterocycles. The largest absolute Gasteiger partial charge is 0.456 e. The van der Waals surface area contributed by atoms with Crippen LogP contribution < -0.4 is 5.69 Å². The molecular formula is C36H20N6O2S. The van der Waals surface area contributed by atoms with Gasteiger partial charge in [-0.15, -0.1) is 0 Å². The average Bonchev–Trinajstić information content (AvgIpc) is 3.67. The molecule has 0 spiro atoms. The molecule has 9 heteroatoms. The van der Waals surface area contributed by atoms with Crippen molar-refractivity contribution in [3.05, 3.63) is 132 Å². The lowest BCUT2D eigenvalue weighted by Crippen LogP contribution is -2.17. The number of thiazole rings is 1. The van der Waals surface area contributed by atoms with E-state index in [9.17, 15) is 4.79 Å². The quantitative estimate of drug-likeness (QED) is 0.201. The molecule has 9 aromatic rings. The predicted molar refractivity (Wildman–Crippen MR) is 177 cm³/mol. The molecule has 0 aliphatic carbocycles. The molecule has 0 atom stereocenters. The van der Waals surface area contributed by atoms with E-state index in [2.05, 4.69) is 4.98 Å². The second kappa shape index (κ2) is 10.0. The van der Waals surface area contributed by atoms with Crippen LogP contribution in [0.1, 0.15) is 0 Å². The van der Waals surface area contributed by atoms with Gasteiger partial charge in [0.15, 0.2) is 23.3 Å². The number of rotatable bonds is 4. The lowest BCUT2D eigenvalue weighted by atomic mass is 10.0. The van der Waals surface area contributed by atoms with Gasteiger partial charge in [-0.1, -0.05) is 96.3 Å². The van der Waals surface area contributed by atoms with Gasteiger partial charge in [-0.2, -0.15) is 9.97 Å². The van der Waals surface area contributed by atoms with Gasteiger partial charge >= 0.3 is 5.69 Å². The summed E-state index contributed by atoms with van der Waals surface area (Å²) in [5, 5.41) is 1.67. The molecule has 0 radical (unpaired) electrons. The van der Waals surface area contributed by atoms with Crippen molar-refractivity contribution in [3.63, 3.8) is 0 Å². The minimum absolute atomic E-state index is 0.350. The normalized spacial score (nSPS) is 11.6. The fraction of sp³-hybridized carbons (Fsp3) is 0. The van der Waals surface area contributed by atoms with Crippen LogP contribution in [0.3, 0.4) is 0 Å². The van der Waals surface area contributed by atoms with E-state index in [-0.39, 0.29) is 5.69 Å². The van der Waals surface area contributed by atoms with Crippen molar-refractivity contribution in [3.8, 4) is 45.6 Å². The molecule has 0 fully saturated rings. The maximum atomic E-state index is 13.3. The Bertz CT molecular complexity index is 2570. The number of para-hydroxylation sites is 1. The van der Waals surface area contributed by atoms with Crippen LogP contribution in [0, 0.1) is 0 Å². The Labute approximate surface area is 259 Å². The molecule has 0 saturated heterocycles. The minimum Gasteiger partial charge on any atom is -0.456 e. The van der Waals surface area contributed by atoms with E-state index >= 15 is 0 Å². The minimum atomic E-state index is -0.370. The summed E-state index contributed by atoms with van der Waals surface area (Å²) in [4.78, 5) is 37.8. The lowest BCUT2D eigenvalue weighted by molar-refractivity contribution is 0.669. The van der Waals surface area contributed by atoms with Crippen molar-refractivity contribution in [1.82, 2.24) is 29.3 Å². The van der Waals surface area contributed by atoms with Crippen molar-refractivity contribution in [2.24, 2.45) is 0 Å². The van der Waals surface area contributed by atoms with E-state index in [1.165, 1.54) is 11.3 Å². The molecule has 0 saturated carbocycles. The number of furan rings is 1. The smallest absolute Gasteiger partial charge is 0.356 e. The van der Waals surface area contributed by atoms with E-state index in [1.807, 2.05) is 121 Å². The topological polar surface area (TPSA) is 99.1 Å². The Balaban J connectivity index is 1.25. The zero-order valence-corrected chi connectivity index (χ0v) is 24.3. The third kappa shape index (κ3) is 4.21. The summed E-state index contributed by atoms with van der Waals surface area (Å²) in [6, 6.07) is 39.1. The number of fused-ring (bicyclic) bond motifs is 6. The Morgan fingerprint density at radius 3 is 1.96 bits per heavy atom. The molecule has 8 nitrogen and oxygen atoms in total. The van der Waals surface area contributed by atoms with Gasteiger partial charge in [0, 0.05) is 33.0 Å². The molecule has 4 heterocycles. The van der Waals surface area contributed by atoms with Gasteiger partial charge in [0.25, 0.3) is 0 Å². The third-order valence-corrected chi connectivity index (χ3v) is 8.81. The molecule has 9 rings (SSSR count). The maximum absolute atomic E-state index is 13.3. The van der Waals surface area contributed by atoms with Gasteiger partial charge in [0.1, 0.15) is 11.2 Å². The summed E-state index contributed by atoms with van der Waals surface area (Å²) in [5.74, 6) is 2.06. The molecule has 4 aromatic heterocycles. The predicted octanol–water partition coefficient (Wildman–Crippen LogP) is 8.06. The van der Waals surface area contributed by atoms with Crippen LogP contribution >= 0.6 is 11.3 Å². The average molecular weight is 601 g/mol. The molecule has 0 unspecified atom stereocenters. The highest BCUT2D eigenvalue weighted by Crippen LogP contribution is 2.38. The summed E-state index contributed by atoms with van der Waals surface area (Å²) < 4.78 is 8.80. The highest BCUT2D eigenvalue weighted by molar-refractivity contribution is 7.23. The SMILES string of the molecule is O=c1nc(-c2cccc3oc4ccc(-c5nc(-c6ccccc6)nc(-c6ccccc6)n5)cc4c23)nc2sc3ccccc3n12. The molecule has 212 valence electrons. The van der Waals surface area contributed by atoms with Crippen molar-refractivity contribution in [2.45, 2.75) is 0 Å². The van der Waals surface area contributed by atoms with Crippen molar-refractivity contribution >= 4 is 48.5 Å². The monoisotopic (exact) mass is 600 g/mol. The third-order valence-electron chi connectivity index (χ3n) is 7.79. The van der Waals surface area contributed by atoms with Gasteiger partial charge < -0.3 is 4.42 Å². The van der Waals surface area contributed by atoms with Crippen molar-refractivity contribution in [1.29, 1.82) is 0 Å². The number of nitrogens with zero attached hydrogens (tertiary/aromatic N) is 6. The van der Waals surface area contributed by atoms with Gasteiger partial charge in [0.05, 0.1) is 10.2 Å². The van der Waals surface area contributed by atoms with Crippen LogP contribution in [0.15, 0.2) is 131 Å². The number of hydrogen-bond donors (Lipinski definition) is 0. The Hall–Kier alpha value is -6.06. The first kappa shape index (κ1) is 25.4. The van der Waals surface area contributed by atoms with Gasteiger partial charge in [-0.3, -0.25) is 0 Å². The highest BCUT2D eigenvalue weighted by atomic mass is 32.1. The van der Waals surface area contributed by atoms with Gasteiger partial charge in [-0.05, 0) is 36.4 Å². The second-order valence-electron chi connectivity index (χ2n) is 10.5. The summed E-state index contributed by atoms with van der Waals surface area (Å²) in [6.45, 7) is 0. The summed E-state index contributed by atoms with van der Waals surface area (Å²) in [5.41, 5.74) is 5.11. The zero-order chi connectivity index (χ0) is 29.9. The Morgan fingerprint density at radius 1 is 0.556 bits per heavy atom. The fourth-order valence-electron chi connectivity index (χ4n) is 5.70. The first-order valence-electron chi connectivity index (χ1n) is 14.3. The maximum Gasteiger partial charge on any atom is 0.356 e. The van der Waals surface area contributed by atoms with Crippen LogP contribution in [0.25, 0.3) is 82.7 Å². The number of hydrogen-bond acceptors (Lipinski definition) is 8. The molecule has 0 bridgehead atoms. The second-order valence-corrected chi connectivity index (χ2v) is 11.6. The fourth-order valence-corrected chi connectivity index (χ4v) is 6.71. The van der Waals surface area contributed by atoms with E-state index in [0.29, 0.717) is 45.0 Å². The van der Waals surface area contributed by atoms with Crippen molar-refractivity contribution < 1.29 is 4.42 Å². The molecule has 0 N–H and O–H groups in total.